The van der Waals surface area contributed by atoms with Crippen LogP contribution in [0.1, 0.15) is 65.2 Å². The summed E-state index contributed by atoms with van der Waals surface area (Å²) in [6.45, 7) is 8.72. The summed E-state index contributed by atoms with van der Waals surface area (Å²) in [5.74, 6) is 5.86. The second kappa shape index (κ2) is 8.68. The maximum atomic E-state index is 5.59. The molecule has 1 heterocycles. The first-order valence-corrected chi connectivity index (χ1v) is 12.5. The van der Waals surface area contributed by atoms with Crippen molar-refractivity contribution < 1.29 is 4.74 Å². The maximum absolute atomic E-state index is 5.59. The van der Waals surface area contributed by atoms with Crippen LogP contribution >= 0.6 is 11.8 Å². The number of thioether (sulfide) groups is 1. The van der Waals surface area contributed by atoms with Crippen LogP contribution in [0, 0.1) is 35.0 Å². The molecule has 8 atom stereocenters. The van der Waals surface area contributed by atoms with E-state index in [2.05, 4.69) is 32.6 Å². The summed E-state index contributed by atoms with van der Waals surface area (Å²) >= 11 is 2.01. The van der Waals surface area contributed by atoms with Gasteiger partial charge in [0.2, 0.25) is 0 Å². The lowest BCUT2D eigenvalue weighted by Crippen LogP contribution is -2.12. The Hall–Kier alpha value is -0.540. The number of methoxy groups -OCH3 is 1. The lowest BCUT2D eigenvalue weighted by molar-refractivity contribution is 0.0898. The molecule has 0 aromatic rings. The highest BCUT2D eigenvalue weighted by molar-refractivity contribution is 8.14. The van der Waals surface area contributed by atoms with Gasteiger partial charge in [-0.15, -0.1) is 18.3 Å². The van der Waals surface area contributed by atoms with Gasteiger partial charge in [-0.25, -0.2) is 0 Å². The fraction of sp³-hybridized carbons (Fsp3) is 0.800. The van der Waals surface area contributed by atoms with Crippen molar-refractivity contribution in [3.63, 3.8) is 0 Å². The van der Waals surface area contributed by atoms with Gasteiger partial charge < -0.3 is 4.74 Å². The van der Waals surface area contributed by atoms with Crippen molar-refractivity contribution in [2.75, 3.05) is 12.9 Å². The molecule has 3 fully saturated rings. The summed E-state index contributed by atoms with van der Waals surface area (Å²) in [5, 5.41) is 1.45. The number of aliphatic imine (C=N–C) groups is 1. The molecular formula is C25H39NOS. The molecule has 4 aliphatic rings. The molecule has 0 amide bonds. The van der Waals surface area contributed by atoms with Gasteiger partial charge in [0.25, 0.3) is 0 Å². The number of hydrogen-bond donors (Lipinski definition) is 0. The first-order valence-electron chi connectivity index (χ1n) is 11.5. The third kappa shape index (κ3) is 4.95. The number of hydrogen-bond acceptors (Lipinski definition) is 3. The second-order valence-electron chi connectivity index (χ2n) is 10.2. The normalized spacial score (nSPS) is 42.5. The van der Waals surface area contributed by atoms with Gasteiger partial charge in [0.05, 0.1) is 17.2 Å². The topological polar surface area (TPSA) is 21.6 Å². The molecule has 3 heteroatoms. The van der Waals surface area contributed by atoms with E-state index >= 15 is 0 Å². The fourth-order valence-corrected chi connectivity index (χ4v) is 6.72. The van der Waals surface area contributed by atoms with Gasteiger partial charge in [0, 0.05) is 18.8 Å². The predicted octanol–water partition coefficient (Wildman–Crippen LogP) is 6.53. The van der Waals surface area contributed by atoms with Crippen LogP contribution in [0.5, 0.6) is 0 Å². The zero-order valence-corrected chi connectivity index (χ0v) is 18.9. The molecule has 0 unspecified atom stereocenters. The highest BCUT2D eigenvalue weighted by Gasteiger charge is 2.59. The molecule has 0 saturated heterocycles. The molecule has 0 spiro atoms. The van der Waals surface area contributed by atoms with Crippen LogP contribution in [-0.4, -0.2) is 30.1 Å². The summed E-state index contributed by atoms with van der Waals surface area (Å²) in [5.41, 5.74) is 0.597. The van der Waals surface area contributed by atoms with E-state index in [1.807, 2.05) is 24.9 Å². The highest BCUT2D eigenvalue weighted by Crippen LogP contribution is 2.67. The van der Waals surface area contributed by atoms with Crippen molar-refractivity contribution in [2.24, 2.45) is 40.0 Å². The summed E-state index contributed by atoms with van der Waals surface area (Å²) in [6.07, 6.45) is 17.6. The molecule has 28 heavy (non-hydrogen) atoms. The third-order valence-electron chi connectivity index (χ3n) is 7.90. The molecule has 0 aromatic heterocycles. The molecule has 2 nitrogen and oxygen atoms in total. The number of ether oxygens (including phenoxy) is 1. The lowest BCUT2D eigenvalue weighted by atomic mass is 9.94. The minimum atomic E-state index is 0.371. The fourth-order valence-electron chi connectivity index (χ4n) is 5.44. The van der Waals surface area contributed by atoms with Crippen LogP contribution in [0.2, 0.25) is 0 Å². The lowest BCUT2D eigenvalue weighted by Gasteiger charge is -2.17. The van der Waals surface area contributed by atoms with Crippen molar-refractivity contribution in [2.45, 2.75) is 77.4 Å². The number of rotatable bonds is 12. The smallest absolute Gasteiger partial charge is 0.0783 e. The zero-order chi connectivity index (χ0) is 19.7. The van der Waals surface area contributed by atoms with Crippen molar-refractivity contribution in [1.29, 1.82) is 0 Å². The third-order valence-corrected chi connectivity index (χ3v) is 9.11. The van der Waals surface area contributed by atoms with Crippen molar-refractivity contribution in [3.05, 3.63) is 24.8 Å². The average molecular weight is 402 g/mol. The molecule has 0 radical (unpaired) electrons. The number of allylic oxidation sites excluding steroid dienone is 1. The molecule has 4 rings (SSSR count). The molecule has 0 aromatic carbocycles. The molecule has 3 aliphatic carbocycles. The van der Waals surface area contributed by atoms with Crippen LogP contribution < -0.4 is 0 Å². The Kier molecular flexibility index (Phi) is 6.42. The Morgan fingerprint density at radius 1 is 1.39 bits per heavy atom. The van der Waals surface area contributed by atoms with Crippen LogP contribution in [-0.2, 0) is 4.74 Å². The van der Waals surface area contributed by atoms with Crippen molar-refractivity contribution in [3.8, 4) is 0 Å². The second-order valence-corrected chi connectivity index (χ2v) is 11.3. The molecule has 0 N–H and O–H groups in total. The standard InChI is InChI=1S/C25H39NOS/c1-5-8-20(27-4)11-12-25(3)15-23(25)22-14-18(22)9-6-7-10-19-16-28-24(26-19)21-13-17(21)2/h5,7,10,17-23H,1,6,8-9,11-16H2,2-4H3/b10-7-/t17-,18-,19+,20-,21+,22-,23-,25-/m0/s1. The van der Waals surface area contributed by atoms with E-state index < -0.39 is 0 Å². The van der Waals surface area contributed by atoms with Crippen LogP contribution in [0.4, 0.5) is 0 Å². The van der Waals surface area contributed by atoms with E-state index in [-0.39, 0.29) is 0 Å². The molecule has 0 bridgehead atoms. The molecule has 156 valence electrons. The van der Waals surface area contributed by atoms with Crippen LogP contribution in [0.15, 0.2) is 29.8 Å². The maximum Gasteiger partial charge on any atom is 0.0783 e. The van der Waals surface area contributed by atoms with Crippen LogP contribution in [0.3, 0.4) is 0 Å². The Labute approximate surface area is 176 Å². The van der Waals surface area contributed by atoms with Gasteiger partial charge in [0.1, 0.15) is 0 Å². The van der Waals surface area contributed by atoms with Gasteiger partial charge in [0.15, 0.2) is 0 Å². The largest absolute Gasteiger partial charge is 0.381 e. The Bertz CT molecular complexity index is 628. The van der Waals surface area contributed by atoms with E-state index in [1.165, 1.54) is 55.7 Å². The number of nitrogens with zero attached hydrogens (tertiary/aromatic N) is 1. The molecular weight excluding hydrogens is 362 g/mol. The van der Waals surface area contributed by atoms with E-state index in [0.29, 0.717) is 17.6 Å². The highest BCUT2D eigenvalue weighted by atomic mass is 32.2. The summed E-state index contributed by atoms with van der Waals surface area (Å²) in [4.78, 5) is 4.94. The van der Waals surface area contributed by atoms with Crippen molar-refractivity contribution in [1.82, 2.24) is 0 Å². The van der Waals surface area contributed by atoms with Crippen molar-refractivity contribution >= 4 is 16.8 Å². The predicted molar refractivity (Wildman–Crippen MR) is 122 cm³/mol. The quantitative estimate of drug-likeness (QED) is 0.347. The van der Waals surface area contributed by atoms with E-state index in [4.69, 9.17) is 9.73 Å². The molecule has 1 aliphatic heterocycles. The van der Waals surface area contributed by atoms with E-state index in [9.17, 15) is 0 Å². The summed E-state index contributed by atoms with van der Waals surface area (Å²) in [6, 6.07) is 0.457. The Morgan fingerprint density at radius 3 is 2.93 bits per heavy atom. The van der Waals surface area contributed by atoms with Crippen LogP contribution in [0.25, 0.3) is 0 Å². The average Bonchev–Trinajstić information content (AvgIpc) is 3.63. The minimum Gasteiger partial charge on any atom is -0.381 e. The first kappa shape index (κ1) is 20.7. The van der Waals surface area contributed by atoms with Gasteiger partial charge in [-0.05, 0) is 80.5 Å². The van der Waals surface area contributed by atoms with E-state index in [0.717, 1.165) is 36.0 Å². The first-order chi connectivity index (χ1) is 13.5. The summed E-state index contributed by atoms with van der Waals surface area (Å²) in [7, 11) is 1.84. The van der Waals surface area contributed by atoms with E-state index in [1.54, 1.807) is 0 Å². The van der Waals surface area contributed by atoms with Gasteiger partial charge in [-0.2, -0.15) is 0 Å². The zero-order valence-electron chi connectivity index (χ0n) is 18.1. The Morgan fingerprint density at radius 2 is 2.21 bits per heavy atom. The van der Waals surface area contributed by atoms with Gasteiger partial charge in [-0.1, -0.05) is 32.1 Å². The summed E-state index contributed by atoms with van der Waals surface area (Å²) < 4.78 is 5.59. The SMILES string of the molecule is C=CC[C@@H](CC[C@@]1(C)C[C@H]1[C@H]1C[C@@H]1CC/C=C\[C@@H]1CSC([C@@H]2C[C@@H]2C)=N1)OC. The molecule has 3 saturated carbocycles. The minimum absolute atomic E-state index is 0.371. The Balaban J connectivity index is 1.12. The monoisotopic (exact) mass is 401 g/mol. The van der Waals surface area contributed by atoms with Gasteiger partial charge in [-0.3, -0.25) is 4.99 Å². The van der Waals surface area contributed by atoms with Gasteiger partial charge >= 0.3 is 0 Å².